The summed E-state index contributed by atoms with van der Waals surface area (Å²) < 4.78 is 0. The van der Waals surface area contributed by atoms with E-state index >= 15 is 0 Å². The lowest BCUT2D eigenvalue weighted by atomic mass is 10.0. The summed E-state index contributed by atoms with van der Waals surface area (Å²) in [6, 6.07) is -0.538. The fraction of sp³-hybridized carbons (Fsp3) is 0.866. The molecule has 0 aliphatic rings. The monoisotopic (exact) mass is 1200 g/mol. The molecule has 0 aliphatic carbocycles. The number of rotatable bonds is 74. The molecule has 0 bridgehead atoms. The van der Waals surface area contributed by atoms with Crippen LogP contribution in [-0.4, -0.2) is 34.9 Å². The van der Waals surface area contributed by atoms with Crippen molar-refractivity contribution in [3.05, 3.63) is 60.8 Å². The Morgan fingerprint density at radius 2 is 0.512 bits per heavy atom. The van der Waals surface area contributed by atoms with E-state index in [-0.39, 0.29) is 12.5 Å². The van der Waals surface area contributed by atoms with E-state index in [1.165, 1.54) is 353 Å². The fourth-order valence-electron chi connectivity index (χ4n) is 12.6. The van der Waals surface area contributed by atoms with E-state index in [0.29, 0.717) is 12.8 Å². The molecule has 0 heterocycles. The first-order valence-corrected chi connectivity index (χ1v) is 39.5. The van der Waals surface area contributed by atoms with Gasteiger partial charge in [0.05, 0.1) is 18.8 Å². The molecule has 0 spiro atoms. The van der Waals surface area contributed by atoms with Crippen LogP contribution < -0.4 is 5.32 Å². The fourth-order valence-corrected chi connectivity index (χ4v) is 12.6. The highest BCUT2D eigenvalue weighted by molar-refractivity contribution is 5.76. The molecule has 0 radical (unpaired) electrons. The molecule has 4 nitrogen and oxygen atoms in total. The van der Waals surface area contributed by atoms with Gasteiger partial charge in [-0.2, -0.15) is 0 Å². The molecule has 0 saturated heterocycles. The molecule has 0 rings (SSSR count). The van der Waals surface area contributed by atoms with Crippen molar-refractivity contribution in [1.82, 2.24) is 5.32 Å². The third-order valence-electron chi connectivity index (χ3n) is 18.5. The minimum absolute atomic E-state index is 0.0217. The van der Waals surface area contributed by atoms with Crippen molar-refractivity contribution >= 4 is 5.91 Å². The van der Waals surface area contributed by atoms with Crippen LogP contribution in [0.3, 0.4) is 0 Å². The molecule has 4 heteroatoms. The summed E-state index contributed by atoms with van der Waals surface area (Å²) in [6.07, 6.45) is 110. The van der Waals surface area contributed by atoms with E-state index in [1.54, 1.807) is 0 Å². The number of hydrogen-bond acceptors (Lipinski definition) is 3. The van der Waals surface area contributed by atoms with E-state index in [1.807, 2.05) is 0 Å². The number of carbonyl (C=O) groups excluding carboxylic acids is 1. The standard InChI is InChI=1S/C82H155NO3/c1-3-5-7-9-11-13-15-17-19-21-23-25-27-29-31-33-35-37-38-39-40-41-42-43-44-46-48-50-52-54-56-58-60-62-64-66-68-70-72-74-76-78-82(86)83-80(79-84)81(85)77-75-73-71-69-67-65-63-61-59-57-55-53-51-49-47-45-36-34-32-30-28-26-24-22-20-18-16-14-12-10-8-6-4-2/h5,7,11,13,17,19,23,25,29,31,80-81,84-85H,3-4,6,8-10,12,14-16,18,20-22,24,26-28,30,32-79H2,1-2H3,(H,83,86)/b7-5-,13-11-,19-17-,25-23-,31-29-. The Morgan fingerprint density at radius 3 is 0.767 bits per heavy atom. The number of allylic oxidation sites excluding steroid dienone is 10. The number of unbranched alkanes of at least 4 members (excludes halogenated alkanes) is 57. The van der Waals surface area contributed by atoms with Gasteiger partial charge < -0.3 is 15.5 Å². The van der Waals surface area contributed by atoms with Crippen LogP contribution in [-0.2, 0) is 4.79 Å². The second-order valence-electron chi connectivity index (χ2n) is 27.1. The van der Waals surface area contributed by atoms with Crippen molar-refractivity contribution in [2.75, 3.05) is 6.61 Å². The lowest BCUT2D eigenvalue weighted by Gasteiger charge is -2.22. The number of hydrogen-bond donors (Lipinski definition) is 3. The van der Waals surface area contributed by atoms with Gasteiger partial charge in [0.15, 0.2) is 0 Å². The van der Waals surface area contributed by atoms with E-state index in [4.69, 9.17) is 0 Å². The molecular weight excluding hydrogens is 1050 g/mol. The predicted molar refractivity (Wildman–Crippen MR) is 387 cm³/mol. The van der Waals surface area contributed by atoms with Crippen molar-refractivity contribution in [3.8, 4) is 0 Å². The molecule has 2 atom stereocenters. The topological polar surface area (TPSA) is 69.6 Å². The highest BCUT2D eigenvalue weighted by Crippen LogP contribution is 2.20. The Hall–Kier alpha value is -1.91. The molecule has 506 valence electrons. The summed E-state index contributed by atoms with van der Waals surface area (Å²) in [5, 5.41) is 23.5. The number of aliphatic hydroxyl groups excluding tert-OH is 2. The smallest absolute Gasteiger partial charge is 0.220 e. The van der Waals surface area contributed by atoms with Crippen LogP contribution in [0.25, 0.3) is 0 Å². The van der Waals surface area contributed by atoms with Gasteiger partial charge in [0.2, 0.25) is 5.91 Å². The third-order valence-corrected chi connectivity index (χ3v) is 18.5. The van der Waals surface area contributed by atoms with Gasteiger partial charge in [0.1, 0.15) is 0 Å². The van der Waals surface area contributed by atoms with Gasteiger partial charge in [-0.3, -0.25) is 4.79 Å². The maximum atomic E-state index is 12.6. The zero-order valence-electron chi connectivity index (χ0n) is 58.6. The maximum Gasteiger partial charge on any atom is 0.220 e. The first-order chi connectivity index (χ1) is 42.7. The molecule has 86 heavy (non-hydrogen) atoms. The quantitative estimate of drug-likeness (QED) is 0.0420. The summed E-state index contributed by atoms with van der Waals surface area (Å²) in [5.74, 6) is -0.0217. The van der Waals surface area contributed by atoms with Gasteiger partial charge in [-0.1, -0.05) is 434 Å². The van der Waals surface area contributed by atoms with Crippen LogP contribution in [0.2, 0.25) is 0 Å². The molecular formula is C82H155NO3. The molecule has 0 aromatic rings. The lowest BCUT2D eigenvalue weighted by Crippen LogP contribution is -2.45. The summed E-state index contributed by atoms with van der Waals surface area (Å²) in [4.78, 5) is 12.6. The second-order valence-corrected chi connectivity index (χ2v) is 27.1. The summed E-state index contributed by atoms with van der Waals surface area (Å²) in [7, 11) is 0. The first kappa shape index (κ1) is 84.1. The second kappa shape index (κ2) is 77.3. The van der Waals surface area contributed by atoms with Crippen molar-refractivity contribution in [1.29, 1.82) is 0 Å². The van der Waals surface area contributed by atoms with Crippen LogP contribution in [0, 0.1) is 0 Å². The third kappa shape index (κ3) is 72.8. The van der Waals surface area contributed by atoms with Crippen LogP contribution in [0.15, 0.2) is 60.8 Å². The van der Waals surface area contributed by atoms with Crippen LogP contribution in [0.4, 0.5) is 0 Å². The normalized spacial score (nSPS) is 12.9. The average Bonchev–Trinajstić information content (AvgIpc) is 3.59. The van der Waals surface area contributed by atoms with Gasteiger partial charge in [-0.15, -0.1) is 0 Å². The molecule has 2 unspecified atom stereocenters. The van der Waals surface area contributed by atoms with Crippen LogP contribution >= 0.6 is 0 Å². The summed E-state index contributed by atoms with van der Waals surface area (Å²) >= 11 is 0. The largest absolute Gasteiger partial charge is 0.394 e. The molecule has 0 fully saturated rings. The SMILES string of the molecule is CC/C=C\C/C=C\C/C=C\C/C=C\C/C=C\CCCCCCCCCCCCCCCCCCCCCCCCCCCC(=O)NC(CO)C(O)CCCCCCCCCCCCCCCCCCCCCCCCCCCCCCCCCCC. The predicted octanol–water partition coefficient (Wildman–Crippen LogP) is 27.4. The van der Waals surface area contributed by atoms with E-state index in [2.05, 4.69) is 79.9 Å². The van der Waals surface area contributed by atoms with Crippen molar-refractivity contribution < 1.29 is 15.0 Å². The van der Waals surface area contributed by atoms with Gasteiger partial charge in [-0.05, 0) is 57.8 Å². The molecule has 0 aliphatic heterocycles. The Balaban J connectivity index is 3.37. The number of amides is 1. The first-order valence-electron chi connectivity index (χ1n) is 39.5. The number of carbonyl (C=O) groups is 1. The molecule has 3 N–H and O–H groups in total. The van der Waals surface area contributed by atoms with Crippen molar-refractivity contribution in [2.45, 2.75) is 450 Å². The van der Waals surface area contributed by atoms with Crippen molar-refractivity contribution in [2.24, 2.45) is 0 Å². The van der Waals surface area contributed by atoms with E-state index < -0.39 is 12.1 Å². The molecule has 0 aromatic heterocycles. The Bertz CT molecular complexity index is 1410. The van der Waals surface area contributed by atoms with Gasteiger partial charge >= 0.3 is 0 Å². The lowest BCUT2D eigenvalue weighted by molar-refractivity contribution is -0.123. The minimum Gasteiger partial charge on any atom is -0.394 e. The Morgan fingerprint density at radius 1 is 0.291 bits per heavy atom. The zero-order chi connectivity index (χ0) is 61.9. The number of aliphatic hydroxyl groups is 2. The van der Waals surface area contributed by atoms with Gasteiger partial charge in [0.25, 0.3) is 0 Å². The highest BCUT2D eigenvalue weighted by Gasteiger charge is 2.20. The zero-order valence-corrected chi connectivity index (χ0v) is 58.6. The van der Waals surface area contributed by atoms with Gasteiger partial charge in [0, 0.05) is 6.42 Å². The number of nitrogens with one attached hydrogen (secondary N) is 1. The molecule has 0 aromatic carbocycles. The Kier molecular flexibility index (Phi) is 75.6. The molecule has 0 saturated carbocycles. The van der Waals surface area contributed by atoms with E-state index in [0.717, 1.165) is 57.8 Å². The average molecular weight is 1200 g/mol. The Labute approximate surface area is 540 Å². The maximum absolute atomic E-state index is 12.6. The van der Waals surface area contributed by atoms with Crippen LogP contribution in [0.5, 0.6) is 0 Å². The van der Waals surface area contributed by atoms with Gasteiger partial charge in [-0.25, -0.2) is 0 Å². The van der Waals surface area contributed by atoms with Crippen molar-refractivity contribution in [3.63, 3.8) is 0 Å². The summed E-state index contributed by atoms with van der Waals surface area (Å²) in [6.45, 7) is 4.29. The molecule has 1 amide bonds. The minimum atomic E-state index is -0.661. The van der Waals surface area contributed by atoms with E-state index in [9.17, 15) is 15.0 Å². The summed E-state index contributed by atoms with van der Waals surface area (Å²) in [5.41, 5.74) is 0. The van der Waals surface area contributed by atoms with Crippen LogP contribution in [0.1, 0.15) is 438 Å². The highest BCUT2D eigenvalue weighted by atomic mass is 16.3.